The van der Waals surface area contributed by atoms with Gasteiger partial charge in [0, 0.05) is 5.56 Å². The highest BCUT2D eigenvalue weighted by Crippen LogP contribution is 2.30. The van der Waals surface area contributed by atoms with E-state index in [9.17, 15) is 13.2 Å². The maximum atomic E-state index is 13.9. The van der Waals surface area contributed by atoms with E-state index in [0.717, 1.165) is 44.5 Å². The van der Waals surface area contributed by atoms with Crippen molar-refractivity contribution < 1.29 is 13.2 Å². The van der Waals surface area contributed by atoms with Gasteiger partial charge in [0.15, 0.2) is 0 Å². The van der Waals surface area contributed by atoms with E-state index in [4.69, 9.17) is 0 Å². The van der Waals surface area contributed by atoms with Crippen molar-refractivity contribution in [1.29, 1.82) is 0 Å². The Morgan fingerprint density at radius 3 is 2.18 bits per heavy atom. The maximum absolute atomic E-state index is 13.9. The van der Waals surface area contributed by atoms with Crippen LogP contribution in [0.1, 0.15) is 24.8 Å². The standard InChI is InChI=1S/C13H16F3N/c14-12-6-4-11(5-7-12)13(15,16)10-17-8-2-1-3-9-17/h4-7H,1-3,8-10H2. The predicted octanol–water partition coefficient (Wildman–Crippen LogP) is 3.40. The molecule has 0 aromatic heterocycles. The molecular weight excluding hydrogens is 227 g/mol. The van der Waals surface area contributed by atoms with Crippen LogP contribution in [-0.2, 0) is 5.92 Å². The van der Waals surface area contributed by atoms with Gasteiger partial charge in [0.25, 0.3) is 5.92 Å². The normalized spacial score (nSPS) is 18.3. The van der Waals surface area contributed by atoms with Crippen LogP contribution in [-0.4, -0.2) is 24.5 Å². The van der Waals surface area contributed by atoms with Gasteiger partial charge in [0.1, 0.15) is 5.82 Å². The Kier molecular flexibility index (Phi) is 3.72. The summed E-state index contributed by atoms with van der Waals surface area (Å²) in [6.45, 7) is 1.20. The monoisotopic (exact) mass is 243 g/mol. The van der Waals surface area contributed by atoms with Gasteiger partial charge in [-0.2, -0.15) is 8.78 Å². The Balaban J connectivity index is 2.04. The van der Waals surface area contributed by atoms with Crippen LogP contribution in [0, 0.1) is 5.82 Å². The lowest BCUT2D eigenvalue weighted by atomic mass is 10.1. The van der Waals surface area contributed by atoms with Crippen LogP contribution >= 0.6 is 0 Å². The number of nitrogens with zero attached hydrogens (tertiary/aromatic N) is 1. The third-order valence-electron chi connectivity index (χ3n) is 3.14. The first-order chi connectivity index (χ1) is 8.08. The molecule has 1 nitrogen and oxygen atoms in total. The number of alkyl halides is 2. The molecule has 0 radical (unpaired) electrons. The zero-order chi connectivity index (χ0) is 12.3. The summed E-state index contributed by atoms with van der Waals surface area (Å²) in [4.78, 5) is 1.78. The van der Waals surface area contributed by atoms with E-state index < -0.39 is 11.7 Å². The zero-order valence-corrected chi connectivity index (χ0v) is 9.63. The van der Waals surface area contributed by atoms with Gasteiger partial charge in [-0.1, -0.05) is 18.6 Å². The van der Waals surface area contributed by atoms with Crippen molar-refractivity contribution in [2.45, 2.75) is 25.2 Å². The second-order valence-electron chi connectivity index (χ2n) is 4.55. The lowest BCUT2D eigenvalue weighted by Crippen LogP contribution is -2.38. The maximum Gasteiger partial charge on any atom is 0.285 e. The number of rotatable bonds is 3. The molecule has 0 saturated carbocycles. The summed E-state index contributed by atoms with van der Waals surface area (Å²) in [5, 5.41) is 0. The lowest BCUT2D eigenvalue weighted by Gasteiger charge is -2.30. The first kappa shape index (κ1) is 12.4. The molecule has 94 valence electrons. The number of piperidine rings is 1. The number of halogens is 3. The van der Waals surface area contributed by atoms with E-state index in [1.165, 1.54) is 12.1 Å². The highest BCUT2D eigenvalue weighted by atomic mass is 19.3. The molecule has 0 bridgehead atoms. The number of likely N-dealkylation sites (tertiary alicyclic amines) is 1. The van der Waals surface area contributed by atoms with Crippen molar-refractivity contribution in [3.05, 3.63) is 35.6 Å². The van der Waals surface area contributed by atoms with Gasteiger partial charge in [0.05, 0.1) is 6.54 Å². The number of hydrogen-bond donors (Lipinski definition) is 0. The van der Waals surface area contributed by atoms with Gasteiger partial charge in [-0.15, -0.1) is 0 Å². The fourth-order valence-electron chi connectivity index (χ4n) is 2.18. The second-order valence-corrected chi connectivity index (χ2v) is 4.55. The summed E-state index contributed by atoms with van der Waals surface area (Å²) >= 11 is 0. The quantitative estimate of drug-likeness (QED) is 0.786. The molecule has 17 heavy (non-hydrogen) atoms. The Morgan fingerprint density at radius 2 is 1.59 bits per heavy atom. The molecule has 2 rings (SSSR count). The average molecular weight is 243 g/mol. The van der Waals surface area contributed by atoms with Crippen LogP contribution < -0.4 is 0 Å². The first-order valence-corrected chi connectivity index (χ1v) is 5.94. The molecule has 1 aromatic rings. The number of benzene rings is 1. The molecule has 1 fully saturated rings. The van der Waals surface area contributed by atoms with E-state index in [-0.39, 0.29) is 12.1 Å². The van der Waals surface area contributed by atoms with Crippen LogP contribution in [0.5, 0.6) is 0 Å². The SMILES string of the molecule is Fc1ccc(C(F)(F)CN2CCCCC2)cc1. The summed E-state index contributed by atoms with van der Waals surface area (Å²) in [6.07, 6.45) is 3.09. The molecule has 0 amide bonds. The van der Waals surface area contributed by atoms with Gasteiger partial charge >= 0.3 is 0 Å². The van der Waals surface area contributed by atoms with Crippen molar-refractivity contribution in [3.63, 3.8) is 0 Å². The summed E-state index contributed by atoms with van der Waals surface area (Å²) in [6, 6.07) is 4.50. The first-order valence-electron chi connectivity index (χ1n) is 5.94. The number of hydrogen-bond acceptors (Lipinski definition) is 1. The van der Waals surface area contributed by atoms with Crippen molar-refractivity contribution in [2.24, 2.45) is 0 Å². The highest BCUT2D eigenvalue weighted by Gasteiger charge is 2.34. The Labute approximate surface area is 99.2 Å². The molecule has 0 unspecified atom stereocenters. The summed E-state index contributed by atoms with van der Waals surface area (Å²) in [5.41, 5.74) is -0.107. The average Bonchev–Trinajstić information content (AvgIpc) is 2.30. The largest absolute Gasteiger partial charge is 0.297 e. The minimum absolute atomic E-state index is 0.107. The Morgan fingerprint density at radius 1 is 1.00 bits per heavy atom. The fourth-order valence-corrected chi connectivity index (χ4v) is 2.18. The topological polar surface area (TPSA) is 3.24 Å². The van der Waals surface area contributed by atoms with Gasteiger partial charge in [-0.25, -0.2) is 4.39 Å². The Bertz CT molecular complexity index is 355. The van der Waals surface area contributed by atoms with Crippen LogP contribution in [0.25, 0.3) is 0 Å². The van der Waals surface area contributed by atoms with E-state index in [1.54, 1.807) is 4.90 Å². The molecule has 1 aromatic carbocycles. The fraction of sp³-hybridized carbons (Fsp3) is 0.538. The van der Waals surface area contributed by atoms with Gasteiger partial charge in [0.2, 0.25) is 0 Å². The van der Waals surface area contributed by atoms with Gasteiger partial charge < -0.3 is 0 Å². The molecule has 0 N–H and O–H groups in total. The summed E-state index contributed by atoms with van der Waals surface area (Å²) in [5.74, 6) is -3.38. The van der Waals surface area contributed by atoms with Crippen molar-refractivity contribution in [2.75, 3.05) is 19.6 Å². The highest BCUT2D eigenvalue weighted by molar-refractivity contribution is 5.21. The van der Waals surface area contributed by atoms with Crippen molar-refractivity contribution >= 4 is 0 Å². The minimum Gasteiger partial charge on any atom is -0.297 e. The van der Waals surface area contributed by atoms with Gasteiger partial charge in [-0.3, -0.25) is 4.90 Å². The van der Waals surface area contributed by atoms with Crippen molar-refractivity contribution in [1.82, 2.24) is 4.90 Å². The molecule has 0 spiro atoms. The zero-order valence-electron chi connectivity index (χ0n) is 9.63. The molecule has 1 aliphatic heterocycles. The molecule has 1 heterocycles. The summed E-state index contributed by atoms with van der Waals surface area (Å²) in [7, 11) is 0. The van der Waals surface area contributed by atoms with E-state index in [0.29, 0.717) is 0 Å². The molecule has 0 aliphatic carbocycles. The van der Waals surface area contributed by atoms with Crippen molar-refractivity contribution in [3.8, 4) is 0 Å². The van der Waals surface area contributed by atoms with Gasteiger partial charge in [-0.05, 0) is 38.1 Å². The van der Waals surface area contributed by atoms with E-state index in [1.807, 2.05) is 0 Å². The molecule has 4 heteroatoms. The van der Waals surface area contributed by atoms with Crippen LogP contribution in [0.3, 0.4) is 0 Å². The van der Waals surface area contributed by atoms with Crippen LogP contribution in [0.4, 0.5) is 13.2 Å². The third-order valence-corrected chi connectivity index (χ3v) is 3.14. The summed E-state index contributed by atoms with van der Waals surface area (Å²) < 4.78 is 40.5. The molecule has 1 aliphatic rings. The molecular formula is C13H16F3N. The van der Waals surface area contributed by atoms with E-state index in [2.05, 4.69) is 0 Å². The second kappa shape index (κ2) is 5.08. The third kappa shape index (κ3) is 3.22. The predicted molar refractivity (Wildman–Crippen MR) is 60.6 cm³/mol. The smallest absolute Gasteiger partial charge is 0.285 e. The molecule has 0 atom stereocenters. The van der Waals surface area contributed by atoms with E-state index >= 15 is 0 Å². The molecule has 1 saturated heterocycles. The lowest BCUT2D eigenvalue weighted by molar-refractivity contribution is -0.0415. The minimum atomic E-state index is -2.90. The Hall–Kier alpha value is -1.03. The van der Waals surface area contributed by atoms with Crippen LogP contribution in [0.15, 0.2) is 24.3 Å². The van der Waals surface area contributed by atoms with Crippen LogP contribution in [0.2, 0.25) is 0 Å².